The lowest BCUT2D eigenvalue weighted by atomic mass is 10.1. The van der Waals surface area contributed by atoms with Crippen LogP contribution in [0.4, 0.5) is 11.5 Å². The Hall–Kier alpha value is -2.83. The molecule has 7 heteroatoms. The van der Waals surface area contributed by atoms with E-state index in [0.717, 1.165) is 5.56 Å². The van der Waals surface area contributed by atoms with Gasteiger partial charge in [-0.2, -0.15) is 0 Å². The summed E-state index contributed by atoms with van der Waals surface area (Å²) in [7, 11) is 0. The SMILES string of the molecule is CCOc1ccccc1N1CC(C(=O)Nc2nocc2C)CC1=O. The summed E-state index contributed by atoms with van der Waals surface area (Å²) >= 11 is 0. The molecule has 1 saturated heterocycles. The molecule has 2 amide bonds. The Morgan fingerprint density at radius 3 is 2.96 bits per heavy atom. The molecule has 1 aliphatic rings. The van der Waals surface area contributed by atoms with Crippen molar-refractivity contribution in [2.24, 2.45) is 5.92 Å². The number of hydrogen-bond acceptors (Lipinski definition) is 5. The van der Waals surface area contributed by atoms with Crippen LogP contribution in [0.2, 0.25) is 0 Å². The molecule has 0 spiro atoms. The van der Waals surface area contributed by atoms with Gasteiger partial charge in [0.1, 0.15) is 12.0 Å². The molecular formula is C17H19N3O4. The van der Waals surface area contributed by atoms with Gasteiger partial charge in [0.05, 0.1) is 18.2 Å². The van der Waals surface area contributed by atoms with Crippen LogP contribution in [0.1, 0.15) is 18.9 Å². The first-order chi connectivity index (χ1) is 11.6. The lowest BCUT2D eigenvalue weighted by Gasteiger charge is -2.20. The molecule has 126 valence electrons. The molecule has 7 nitrogen and oxygen atoms in total. The van der Waals surface area contributed by atoms with Gasteiger partial charge in [0.25, 0.3) is 0 Å². The molecule has 1 aromatic carbocycles. The summed E-state index contributed by atoms with van der Waals surface area (Å²) in [6.45, 7) is 4.50. The van der Waals surface area contributed by atoms with Crippen molar-refractivity contribution in [1.29, 1.82) is 0 Å². The molecule has 0 radical (unpaired) electrons. The summed E-state index contributed by atoms with van der Waals surface area (Å²) in [5.74, 6) is 0.251. The third-order valence-corrected chi connectivity index (χ3v) is 3.94. The van der Waals surface area contributed by atoms with Crippen LogP contribution in [0.25, 0.3) is 0 Å². The van der Waals surface area contributed by atoms with Crippen LogP contribution < -0.4 is 15.0 Å². The number of nitrogens with one attached hydrogen (secondary N) is 1. The average molecular weight is 329 g/mol. The van der Waals surface area contributed by atoms with Crippen molar-refractivity contribution in [3.05, 3.63) is 36.1 Å². The molecule has 1 N–H and O–H groups in total. The maximum Gasteiger partial charge on any atom is 0.231 e. The maximum absolute atomic E-state index is 12.4. The number of hydrogen-bond donors (Lipinski definition) is 1. The van der Waals surface area contributed by atoms with E-state index >= 15 is 0 Å². The molecule has 0 aliphatic carbocycles. The maximum atomic E-state index is 12.4. The van der Waals surface area contributed by atoms with Crippen molar-refractivity contribution in [3.63, 3.8) is 0 Å². The highest BCUT2D eigenvalue weighted by Crippen LogP contribution is 2.33. The van der Waals surface area contributed by atoms with Gasteiger partial charge in [-0.15, -0.1) is 0 Å². The van der Waals surface area contributed by atoms with Gasteiger partial charge in [0.15, 0.2) is 5.82 Å². The first-order valence-electron chi connectivity index (χ1n) is 7.84. The Bertz CT molecular complexity index is 756. The number of para-hydroxylation sites is 2. The smallest absolute Gasteiger partial charge is 0.231 e. The van der Waals surface area contributed by atoms with Gasteiger partial charge >= 0.3 is 0 Å². The van der Waals surface area contributed by atoms with Gasteiger partial charge in [0.2, 0.25) is 11.8 Å². The van der Waals surface area contributed by atoms with E-state index in [1.807, 2.05) is 31.2 Å². The van der Waals surface area contributed by atoms with Crippen molar-refractivity contribution in [1.82, 2.24) is 5.16 Å². The number of nitrogens with zero attached hydrogens (tertiary/aromatic N) is 2. The van der Waals surface area contributed by atoms with E-state index in [9.17, 15) is 9.59 Å². The monoisotopic (exact) mass is 329 g/mol. The summed E-state index contributed by atoms with van der Waals surface area (Å²) in [4.78, 5) is 26.4. The Balaban J connectivity index is 1.74. The molecule has 24 heavy (non-hydrogen) atoms. The highest BCUT2D eigenvalue weighted by Gasteiger charge is 2.36. The normalized spacial score (nSPS) is 17.2. The Morgan fingerprint density at radius 1 is 1.46 bits per heavy atom. The summed E-state index contributed by atoms with van der Waals surface area (Å²) in [6, 6.07) is 7.34. The minimum atomic E-state index is -0.441. The lowest BCUT2D eigenvalue weighted by Crippen LogP contribution is -2.28. The number of aromatic nitrogens is 1. The van der Waals surface area contributed by atoms with E-state index in [4.69, 9.17) is 9.26 Å². The third kappa shape index (κ3) is 3.10. The Labute approximate surface area is 139 Å². The van der Waals surface area contributed by atoms with Crippen LogP contribution in [0.15, 0.2) is 35.1 Å². The second-order valence-corrected chi connectivity index (χ2v) is 5.64. The number of anilines is 2. The molecule has 2 heterocycles. The molecule has 2 aromatic rings. The molecular weight excluding hydrogens is 310 g/mol. The van der Waals surface area contributed by atoms with Crippen LogP contribution in [-0.2, 0) is 9.59 Å². The summed E-state index contributed by atoms with van der Waals surface area (Å²) in [5.41, 5.74) is 1.43. The summed E-state index contributed by atoms with van der Waals surface area (Å²) in [5, 5.41) is 6.45. The largest absolute Gasteiger partial charge is 0.492 e. The third-order valence-electron chi connectivity index (χ3n) is 3.94. The number of amides is 2. The van der Waals surface area contributed by atoms with Gasteiger partial charge in [-0.1, -0.05) is 17.3 Å². The van der Waals surface area contributed by atoms with Gasteiger partial charge in [0, 0.05) is 18.5 Å². The fraction of sp³-hybridized carbons (Fsp3) is 0.353. The molecule has 0 bridgehead atoms. The topological polar surface area (TPSA) is 84.7 Å². The highest BCUT2D eigenvalue weighted by molar-refractivity contribution is 6.04. The van der Waals surface area contributed by atoms with Crippen LogP contribution in [0.5, 0.6) is 5.75 Å². The summed E-state index contributed by atoms with van der Waals surface area (Å²) < 4.78 is 10.4. The molecule has 1 atom stereocenters. The standard InChI is InChI=1S/C17H19N3O4/c1-3-23-14-7-5-4-6-13(14)20-9-12(8-15(20)21)17(22)18-16-11(2)10-24-19-16/h4-7,10,12H,3,8-9H2,1-2H3,(H,18,19,22). The summed E-state index contributed by atoms with van der Waals surface area (Å²) in [6.07, 6.45) is 1.61. The number of aryl methyl sites for hydroxylation is 1. The number of rotatable bonds is 5. The van der Waals surface area contributed by atoms with E-state index in [2.05, 4.69) is 10.5 Å². The molecule has 1 aromatic heterocycles. The Kier molecular flexibility index (Phi) is 4.50. The number of ether oxygens (including phenoxy) is 1. The quantitative estimate of drug-likeness (QED) is 0.910. The van der Waals surface area contributed by atoms with E-state index in [-0.39, 0.29) is 18.2 Å². The van der Waals surface area contributed by atoms with Crippen molar-refractivity contribution in [3.8, 4) is 5.75 Å². The minimum absolute atomic E-state index is 0.0980. The second kappa shape index (κ2) is 6.74. The van der Waals surface area contributed by atoms with Crippen LogP contribution in [-0.4, -0.2) is 30.1 Å². The van der Waals surface area contributed by atoms with Gasteiger partial charge in [-0.25, -0.2) is 0 Å². The zero-order chi connectivity index (χ0) is 17.1. The predicted molar refractivity (Wildman–Crippen MR) is 87.9 cm³/mol. The minimum Gasteiger partial charge on any atom is -0.492 e. The van der Waals surface area contributed by atoms with Crippen LogP contribution in [0.3, 0.4) is 0 Å². The van der Waals surface area contributed by atoms with Crippen molar-refractivity contribution < 1.29 is 18.8 Å². The van der Waals surface area contributed by atoms with Gasteiger partial charge in [-0.3, -0.25) is 9.59 Å². The molecule has 1 fully saturated rings. The van der Waals surface area contributed by atoms with Crippen LogP contribution in [0, 0.1) is 12.8 Å². The number of benzene rings is 1. The van der Waals surface area contributed by atoms with E-state index in [1.54, 1.807) is 11.8 Å². The average Bonchev–Trinajstić information content (AvgIpc) is 3.15. The van der Waals surface area contributed by atoms with Crippen LogP contribution >= 0.6 is 0 Å². The lowest BCUT2D eigenvalue weighted by molar-refractivity contribution is -0.122. The zero-order valence-electron chi connectivity index (χ0n) is 13.6. The fourth-order valence-corrected chi connectivity index (χ4v) is 2.70. The zero-order valence-corrected chi connectivity index (χ0v) is 13.6. The number of carbonyl (C=O) groups is 2. The molecule has 3 rings (SSSR count). The first kappa shape index (κ1) is 16.0. The van der Waals surface area contributed by atoms with Crippen molar-refractivity contribution in [2.45, 2.75) is 20.3 Å². The highest BCUT2D eigenvalue weighted by atomic mass is 16.5. The fourth-order valence-electron chi connectivity index (χ4n) is 2.70. The van der Waals surface area contributed by atoms with Gasteiger partial charge in [-0.05, 0) is 26.0 Å². The Morgan fingerprint density at radius 2 is 2.25 bits per heavy atom. The van der Waals surface area contributed by atoms with E-state index in [0.29, 0.717) is 30.4 Å². The first-order valence-corrected chi connectivity index (χ1v) is 7.84. The predicted octanol–water partition coefficient (Wildman–Crippen LogP) is 2.37. The molecule has 1 unspecified atom stereocenters. The second-order valence-electron chi connectivity index (χ2n) is 5.64. The van der Waals surface area contributed by atoms with E-state index < -0.39 is 5.92 Å². The van der Waals surface area contributed by atoms with Crippen molar-refractivity contribution in [2.75, 3.05) is 23.4 Å². The molecule has 0 saturated carbocycles. The molecule has 1 aliphatic heterocycles. The van der Waals surface area contributed by atoms with Gasteiger partial charge < -0.3 is 19.5 Å². The van der Waals surface area contributed by atoms with Crippen molar-refractivity contribution >= 4 is 23.3 Å². The number of carbonyl (C=O) groups excluding carboxylic acids is 2. The van der Waals surface area contributed by atoms with E-state index in [1.165, 1.54) is 6.26 Å².